The fourth-order valence-electron chi connectivity index (χ4n) is 4.69. The average Bonchev–Trinajstić information content (AvgIpc) is 3.23. The second kappa shape index (κ2) is 7.40. The molecule has 1 fully saturated rings. The van der Waals surface area contributed by atoms with E-state index < -0.39 is 0 Å². The van der Waals surface area contributed by atoms with Gasteiger partial charge in [0.1, 0.15) is 5.75 Å². The van der Waals surface area contributed by atoms with Crippen molar-refractivity contribution in [3.63, 3.8) is 0 Å². The Balaban J connectivity index is 1.22. The molecule has 0 aliphatic carbocycles. The molecule has 0 saturated carbocycles. The number of fused-ring (bicyclic) bond motifs is 2. The maximum atomic E-state index is 5.56. The number of methoxy groups -OCH3 is 1. The molecule has 5 nitrogen and oxygen atoms in total. The maximum Gasteiger partial charge on any atom is 0.142 e. The van der Waals surface area contributed by atoms with E-state index in [1.165, 1.54) is 34.3 Å². The van der Waals surface area contributed by atoms with Crippen LogP contribution in [0, 0.1) is 0 Å². The number of benzene rings is 2. The summed E-state index contributed by atoms with van der Waals surface area (Å²) in [5.41, 5.74) is 5.14. The highest BCUT2D eigenvalue weighted by Gasteiger charge is 2.25. The van der Waals surface area contributed by atoms with Crippen LogP contribution in [0.4, 0.5) is 11.4 Å². The van der Waals surface area contributed by atoms with Crippen LogP contribution in [0.5, 0.6) is 5.75 Å². The van der Waals surface area contributed by atoms with Gasteiger partial charge in [0.15, 0.2) is 0 Å². The zero-order valence-electron chi connectivity index (χ0n) is 16.4. The third-order valence-electron chi connectivity index (χ3n) is 6.21. The van der Waals surface area contributed by atoms with Gasteiger partial charge in [-0.15, -0.1) is 0 Å². The summed E-state index contributed by atoms with van der Waals surface area (Å²) in [6, 6.07) is 15.6. The van der Waals surface area contributed by atoms with Crippen LogP contribution in [0.25, 0.3) is 10.9 Å². The maximum absolute atomic E-state index is 5.56. The van der Waals surface area contributed by atoms with Gasteiger partial charge in [-0.1, -0.05) is 18.2 Å². The Morgan fingerprint density at radius 2 is 1.89 bits per heavy atom. The Morgan fingerprint density at radius 3 is 2.75 bits per heavy atom. The minimum Gasteiger partial charge on any atom is -0.495 e. The van der Waals surface area contributed by atoms with E-state index in [-0.39, 0.29) is 0 Å². The van der Waals surface area contributed by atoms with E-state index in [1.54, 1.807) is 7.11 Å². The van der Waals surface area contributed by atoms with Crippen molar-refractivity contribution >= 4 is 22.3 Å². The first-order chi connectivity index (χ1) is 13.8. The first-order valence-electron chi connectivity index (χ1n) is 10.3. The number of rotatable bonds is 4. The fourth-order valence-corrected chi connectivity index (χ4v) is 4.69. The molecule has 5 rings (SSSR count). The highest BCUT2D eigenvalue weighted by atomic mass is 16.5. The molecule has 3 heterocycles. The van der Waals surface area contributed by atoms with Crippen LogP contribution < -0.4 is 15.0 Å². The summed E-state index contributed by atoms with van der Waals surface area (Å²) in [5, 5.41) is 5.07. The van der Waals surface area contributed by atoms with Crippen LogP contribution in [0.3, 0.4) is 0 Å². The fraction of sp³-hybridized carbons (Fsp3) is 0.391. The average molecular weight is 377 g/mol. The van der Waals surface area contributed by atoms with Crippen molar-refractivity contribution in [2.45, 2.75) is 18.9 Å². The molecule has 2 aliphatic heterocycles. The molecule has 28 heavy (non-hydrogen) atoms. The second-order valence-corrected chi connectivity index (χ2v) is 7.88. The van der Waals surface area contributed by atoms with E-state index in [9.17, 15) is 0 Å². The van der Waals surface area contributed by atoms with Gasteiger partial charge in [0, 0.05) is 61.6 Å². The molecule has 0 amide bonds. The first kappa shape index (κ1) is 17.4. The minimum absolute atomic E-state index is 0.489. The largest absolute Gasteiger partial charge is 0.495 e. The highest BCUT2D eigenvalue weighted by Crippen LogP contribution is 2.34. The number of para-hydroxylation sites is 1. The van der Waals surface area contributed by atoms with Gasteiger partial charge in [-0.3, -0.25) is 4.90 Å². The second-order valence-electron chi connectivity index (χ2n) is 7.88. The summed E-state index contributed by atoms with van der Waals surface area (Å²) in [7, 11) is 1.76. The van der Waals surface area contributed by atoms with Gasteiger partial charge in [-0.05, 0) is 42.7 Å². The van der Waals surface area contributed by atoms with Crippen molar-refractivity contribution < 1.29 is 4.74 Å². The van der Waals surface area contributed by atoms with Crippen LogP contribution >= 0.6 is 0 Å². The van der Waals surface area contributed by atoms with Crippen molar-refractivity contribution in [2.75, 3.05) is 50.1 Å². The number of H-pyrrole nitrogens is 1. The standard InChI is InChI=1S/C23H28N4O/c1-28-22-7-2-4-17-8-9-18(25-23(17)22)16-26-12-14-27(15-13-26)21-6-3-5-20-19(21)10-11-24-20/h2-7,10-11,18,24-25H,8-9,12-16H2,1H3. The van der Waals surface area contributed by atoms with Crippen LogP contribution in [0.2, 0.25) is 0 Å². The summed E-state index contributed by atoms with van der Waals surface area (Å²) in [6.07, 6.45) is 4.34. The molecule has 0 spiro atoms. The van der Waals surface area contributed by atoms with Gasteiger partial charge < -0.3 is 19.9 Å². The minimum atomic E-state index is 0.489. The molecule has 1 unspecified atom stereocenters. The molecule has 2 aliphatic rings. The smallest absolute Gasteiger partial charge is 0.142 e. The predicted octanol–water partition coefficient (Wildman–Crippen LogP) is 3.73. The summed E-state index contributed by atoms with van der Waals surface area (Å²) in [6.45, 7) is 5.48. The van der Waals surface area contributed by atoms with Crippen molar-refractivity contribution in [3.8, 4) is 5.75 Å². The third-order valence-corrected chi connectivity index (χ3v) is 6.21. The van der Waals surface area contributed by atoms with Crippen molar-refractivity contribution in [1.82, 2.24) is 9.88 Å². The van der Waals surface area contributed by atoms with E-state index in [4.69, 9.17) is 4.74 Å². The Morgan fingerprint density at radius 1 is 1.04 bits per heavy atom. The number of hydrogen-bond acceptors (Lipinski definition) is 4. The molecule has 2 aromatic carbocycles. The number of nitrogens with one attached hydrogen (secondary N) is 2. The van der Waals surface area contributed by atoms with E-state index in [2.05, 4.69) is 62.6 Å². The highest BCUT2D eigenvalue weighted by molar-refractivity contribution is 5.92. The lowest BCUT2D eigenvalue weighted by Crippen LogP contribution is -2.50. The zero-order valence-corrected chi connectivity index (χ0v) is 16.4. The van der Waals surface area contributed by atoms with Crippen LogP contribution in [-0.2, 0) is 6.42 Å². The molecule has 1 aromatic heterocycles. The van der Waals surface area contributed by atoms with Gasteiger partial charge in [-0.25, -0.2) is 0 Å². The number of piperazine rings is 1. The van der Waals surface area contributed by atoms with Gasteiger partial charge in [0.05, 0.1) is 12.8 Å². The lowest BCUT2D eigenvalue weighted by molar-refractivity contribution is 0.243. The molecule has 3 aromatic rings. The Bertz CT molecular complexity index is 944. The third kappa shape index (κ3) is 3.20. The number of ether oxygens (including phenoxy) is 1. The van der Waals surface area contributed by atoms with E-state index >= 15 is 0 Å². The Kier molecular flexibility index (Phi) is 4.61. The van der Waals surface area contributed by atoms with Gasteiger partial charge in [0.2, 0.25) is 0 Å². The summed E-state index contributed by atoms with van der Waals surface area (Å²) >= 11 is 0. The SMILES string of the molecule is COc1cccc2c1NC(CN1CCN(c3cccc4[nH]ccc34)CC1)CC2. The summed E-state index contributed by atoms with van der Waals surface area (Å²) < 4.78 is 5.56. The van der Waals surface area contributed by atoms with Gasteiger partial charge in [-0.2, -0.15) is 0 Å². The quantitative estimate of drug-likeness (QED) is 0.728. The monoisotopic (exact) mass is 376 g/mol. The summed E-state index contributed by atoms with van der Waals surface area (Å²) in [4.78, 5) is 8.45. The number of aromatic amines is 1. The topological polar surface area (TPSA) is 43.5 Å². The van der Waals surface area contributed by atoms with Crippen LogP contribution in [0.1, 0.15) is 12.0 Å². The summed E-state index contributed by atoms with van der Waals surface area (Å²) in [5.74, 6) is 0.964. The number of aromatic nitrogens is 1. The Labute approximate surface area is 166 Å². The molecule has 146 valence electrons. The van der Waals surface area contributed by atoms with Gasteiger partial charge >= 0.3 is 0 Å². The van der Waals surface area contributed by atoms with Crippen LogP contribution in [0.15, 0.2) is 48.7 Å². The van der Waals surface area contributed by atoms with E-state index in [0.717, 1.165) is 44.9 Å². The Hall–Kier alpha value is -2.66. The molecular weight excluding hydrogens is 348 g/mol. The number of nitrogens with zero attached hydrogens (tertiary/aromatic N) is 2. The van der Waals surface area contributed by atoms with Crippen LogP contribution in [-0.4, -0.2) is 55.8 Å². The molecule has 0 bridgehead atoms. The van der Waals surface area contributed by atoms with E-state index in [1.807, 2.05) is 6.20 Å². The molecular formula is C23H28N4O. The molecule has 2 N–H and O–H groups in total. The lowest BCUT2D eigenvalue weighted by Gasteiger charge is -2.39. The normalized spacial score (nSPS) is 20.0. The number of hydrogen-bond donors (Lipinski definition) is 2. The molecule has 0 radical (unpaired) electrons. The zero-order chi connectivity index (χ0) is 18.9. The molecule has 1 atom stereocenters. The van der Waals surface area contributed by atoms with Crippen molar-refractivity contribution in [1.29, 1.82) is 0 Å². The van der Waals surface area contributed by atoms with Gasteiger partial charge in [0.25, 0.3) is 0 Å². The van der Waals surface area contributed by atoms with Crippen molar-refractivity contribution in [2.24, 2.45) is 0 Å². The van der Waals surface area contributed by atoms with Crippen molar-refractivity contribution in [3.05, 3.63) is 54.2 Å². The first-order valence-corrected chi connectivity index (χ1v) is 10.3. The molecule has 5 heteroatoms. The van der Waals surface area contributed by atoms with E-state index in [0.29, 0.717) is 6.04 Å². The number of aryl methyl sites for hydroxylation is 1. The number of anilines is 2. The lowest BCUT2D eigenvalue weighted by atomic mass is 9.97. The molecule has 1 saturated heterocycles. The predicted molar refractivity (Wildman–Crippen MR) is 116 cm³/mol.